The number of aliphatic hydroxyl groups is 4. The molecule has 0 aromatic carbocycles. The van der Waals surface area contributed by atoms with E-state index in [4.69, 9.17) is 40.2 Å². The second-order valence-electron chi connectivity index (χ2n) is 2.48. The average molecular weight is 243 g/mol. The van der Waals surface area contributed by atoms with E-state index in [1.54, 1.807) is 0 Å². The van der Waals surface area contributed by atoms with E-state index in [1.165, 1.54) is 0 Å². The molecule has 8 nitrogen and oxygen atoms in total. The zero-order valence-electron chi connectivity index (χ0n) is 7.70. The van der Waals surface area contributed by atoms with Crippen molar-refractivity contribution in [3.63, 3.8) is 0 Å². The van der Waals surface area contributed by atoms with Crippen LogP contribution in [0.15, 0.2) is 0 Å². The van der Waals surface area contributed by atoms with Gasteiger partial charge in [0.05, 0.1) is 11.9 Å². The molecule has 0 unspecified atom stereocenters. The molecular weight excluding hydrogens is 231 g/mol. The highest BCUT2D eigenvalue weighted by molar-refractivity contribution is 7.75. The van der Waals surface area contributed by atoms with Gasteiger partial charge in [0, 0.05) is 0 Å². The Bertz CT molecular complexity index is 172. The first kappa shape index (κ1) is 16.6. The third-order valence-corrected chi connectivity index (χ3v) is 3.77. The molecule has 0 rings (SSSR count). The second kappa shape index (κ2) is 8.51. The number of aliphatic carboxylic acids is 2. The van der Waals surface area contributed by atoms with Crippen molar-refractivity contribution in [3.05, 3.63) is 0 Å². The molecule has 0 aliphatic rings. The van der Waals surface area contributed by atoms with E-state index >= 15 is 0 Å². The lowest BCUT2D eigenvalue weighted by molar-refractivity contribution is -0.345. The Labute approximate surface area is 85.7 Å². The SMILES string of the molecule is O=C([O-])C(=O)[O-].OC[P+](CO)(CO)CO. The first-order valence-corrected chi connectivity index (χ1v) is 6.13. The Hall–Kier alpha value is -0.790. The van der Waals surface area contributed by atoms with E-state index in [0.29, 0.717) is 0 Å². The molecule has 0 fully saturated rings. The van der Waals surface area contributed by atoms with Crippen molar-refractivity contribution in [3.8, 4) is 0 Å². The summed E-state index contributed by atoms with van der Waals surface area (Å²) in [6.45, 7) is 0. The molecule has 0 aliphatic heterocycles. The van der Waals surface area contributed by atoms with E-state index in [-0.39, 0.29) is 25.4 Å². The zero-order chi connectivity index (χ0) is 12.5. The van der Waals surface area contributed by atoms with Gasteiger partial charge in [-0.25, -0.2) is 0 Å². The van der Waals surface area contributed by atoms with Crippen LogP contribution in [-0.2, 0) is 9.59 Å². The maximum atomic E-state index is 8.93. The predicted octanol–water partition coefficient (Wildman–Crippen LogP) is -4.71. The van der Waals surface area contributed by atoms with E-state index in [1.807, 2.05) is 0 Å². The molecule has 0 aromatic heterocycles. The van der Waals surface area contributed by atoms with E-state index in [0.717, 1.165) is 0 Å². The lowest BCUT2D eigenvalue weighted by atomic mass is 10.7. The summed E-state index contributed by atoms with van der Waals surface area (Å²) in [4.78, 5) is 17.9. The monoisotopic (exact) mass is 243 g/mol. The Morgan fingerprint density at radius 2 is 1.00 bits per heavy atom. The number of carbonyl (C=O) groups is 2. The van der Waals surface area contributed by atoms with Gasteiger partial charge in [-0.15, -0.1) is 0 Å². The average Bonchev–Trinajstić information content (AvgIpc) is 2.23. The largest absolute Gasteiger partial charge is 0.543 e. The summed E-state index contributed by atoms with van der Waals surface area (Å²) in [6.07, 6.45) is -1.18. The summed E-state index contributed by atoms with van der Waals surface area (Å²) < 4.78 is 0. The Morgan fingerprint density at radius 1 is 0.800 bits per heavy atom. The molecule has 9 heteroatoms. The van der Waals surface area contributed by atoms with E-state index in [9.17, 15) is 0 Å². The minimum absolute atomic E-state index is 0.295. The summed E-state index contributed by atoms with van der Waals surface area (Å²) in [5.41, 5.74) is 0. The number of hydrogen-bond donors (Lipinski definition) is 4. The molecule has 90 valence electrons. The summed E-state index contributed by atoms with van der Waals surface area (Å²) in [5.74, 6) is -4.37. The van der Waals surface area contributed by atoms with Crippen LogP contribution < -0.4 is 10.2 Å². The van der Waals surface area contributed by atoms with Crippen LogP contribution in [0.25, 0.3) is 0 Å². The zero-order valence-corrected chi connectivity index (χ0v) is 8.59. The van der Waals surface area contributed by atoms with Crippen LogP contribution in [-0.4, -0.2) is 57.8 Å². The Balaban J connectivity index is 0. The highest BCUT2D eigenvalue weighted by atomic mass is 31.2. The molecule has 4 N–H and O–H groups in total. The third-order valence-electron chi connectivity index (χ3n) is 1.37. The van der Waals surface area contributed by atoms with Crippen molar-refractivity contribution < 1.29 is 40.2 Å². The number of rotatable bonds is 4. The van der Waals surface area contributed by atoms with Crippen LogP contribution in [0.1, 0.15) is 0 Å². The van der Waals surface area contributed by atoms with Crippen molar-refractivity contribution in [2.75, 3.05) is 25.4 Å². The van der Waals surface area contributed by atoms with Gasteiger partial charge in [-0.3, -0.25) is 0 Å². The highest BCUT2D eigenvalue weighted by Gasteiger charge is 2.34. The summed E-state index contributed by atoms with van der Waals surface area (Å²) in [7, 11) is -2.20. The first-order valence-electron chi connectivity index (χ1n) is 3.60. The minimum Gasteiger partial charge on any atom is -0.543 e. The van der Waals surface area contributed by atoms with Crippen LogP contribution in [0, 0.1) is 0 Å². The molecule has 0 saturated carbocycles. The number of carboxylic acids is 2. The molecule has 0 bridgehead atoms. The smallest absolute Gasteiger partial charge is 0.161 e. The molecule has 15 heavy (non-hydrogen) atoms. The molecule has 0 amide bonds. The van der Waals surface area contributed by atoms with Gasteiger partial charge >= 0.3 is 0 Å². The van der Waals surface area contributed by atoms with Crippen molar-refractivity contribution in [1.29, 1.82) is 0 Å². The third kappa shape index (κ3) is 7.18. The van der Waals surface area contributed by atoms with Gasteiger partial charge in [0.1, 0.15) is 7.26 Å². The molecular formula is C6H12O8P-. The highest BCUT2D eigenvalue weighted by Crippen LogP contribution is 2.54. The number of aliphatic hydroxyl groups excluding tert-OH is 4. The van der Waals surface area contributed by atoms with Gasteiger partial charge < -0.3 is 40.2 Å². The summed E-state index contributed by atoms with van der Waals surface area (Å²) >= 11 is 0. The second-order valence-corrected chi connectivity index (χ2v) is 6.30. The molecule has 0 saturated heterocycles. The predicted molar refractivity (Wildman–Crippen MR) is 45.3 cm³/mol. The van der Waals surface area contributed by atoms with Gasteiger partial charge in [-0.2, -0.15) is 0 Å². The maximum absolute atomic E-state index is 8.93. The van der Waals surface area contributed by atoms with Crippen molar-refractivity contribution in [2.45, 2.75) is 0 Å². The van der Waals surface area contributed by atoms with E-state index in [2.05, 4.69) is 0 Å². The van der Waals surface area contributed by atoms with Crippen molar-refractivity contribution in [1.82, 2.24) is 0 Å². The fourth-order valence-corrected chi connectivity index (χ4v) is 0.805. The topological polar surface area (TPSA) is 161 Å². The van der Waals surface area contributed by atoms with Crippen LogP contribution in [0.3, 0.4) is 0 Å². The molecule has 0 atom stereocenters. The lowest BCUT2D eigenvalue weighted by Gasteiger charge is -2.15. The van der Waals surface area contributed by atoms with Gasteiger partial charge in [0.15, 0.2) is 25.4 Å². The van der Waals surface area contributed by atoms with Crippen molar-refractivity contribution in [2.24, 2.45) is 0 Å². The molecule has 0 aliphatic carbocycles. The van der Waals surface area contributed by atoms with E-state index < -0.39 is 19.2 Å². The van der Waals surface area contributed by atoms with Gasteiger partial charge in [0.25, 0.3) is 0 Å². The molecule has 0 spiro atoms. The quantitative estimate of drug-likeness (QED) is 0.283. The summed E-state index contributed by atoms with van der Waals surface area (Å²) in [6, 6.07) is 0. The van der Waals surface area contributed by atoms with Gasteiger partial charge in [-0.1, -0.05) is 0 Å². The maximum Gasteiger partial charge on any atom is 0.161 e. The standard InChI is InChI=1S/C4H12O4P.C2H2O4/c5-1-9(2-6,3-7)4-8;3-1(4)2(5)6/h5-8H,1-4H2;(H,3,4)(H,5,6)/q+1;/p-2. The van der Waals surface area contributed by atoms with Crippen LogP contribution >= 0.6 is 7.26 Å². The van der Waals surface area contributed by atoms with Crippen molar-refractivity contribution >= 4 is 19.2 Å². The molecule has 0 aromatic rings. The lowest BCUT2D eigenvalue weighted by Crippen LogP contribution is -2.42. The fraction of sp³-hybridized carbons (Fsp3) is 0.667. The Kier molecular flexibility index (Phi) is 9.44. The molecule has 0 radical (unpaired) electrons. The fourth-order valence-electron chi connectivity index (χ4n) is 0.268. The first-order chi connectivity index (χ1) is 6.89. The minimum atomic E-state index is -2.20. The number of carbonyl (C=O) groups excluding carboxylic acids is 2. The normalized spacial score (nSPS) is 10.1. The van der Waals surface area contributed by atoms with Crippen LogP contribution in [0.2, 0.25) is 0 Å². The molecule has 0 heterocycles. The summed E-state index contributed by atoms with van der Waals surface area (Å²) in [5, 5.41) is 52.0. The van der Waals surface area contributed by atoms with Gasteiger partial charge in [-0.05, 0) is 0 Å². The van der Waals surface area contributed by atoms with Crippen LogP contribution in [0.5, 0.6) is 0 Å². The van der Waals surface area contributed by atoms with Gasteiger partial charge in [0.2, 0.25) is 0 Å². The number of hydrogen-bond acceptors (Lipinski definition) is 8. The Morgan fingerprint density at radius 3 is 1.00 bits per heavy atom. The van der Waals surface area contributed by atoms with Crippen LogP contribution in [0.4, 0.5) is 0 Å². The number of carboxylic acid groups (broad SMARTS) is 2.